The minimum absolute atomic E-state index is 0.309. The zero-order chi connectivity index (χ0) is 14.4. The van der Waals surface area contributed by atoms with E-state index in [2.05, 4.69) is 0 Å². The van der Waals surface area contributed by atoms with Crippen LogP contribution >= 0.6 is 0 Å². The zero-order valence-electron chi connectivity index (χ0n) is 12.0. The number of carbonyl (C=O) groups excluding carboxylic acids is 1. The van der Waals surface area contributed by atoms with Crippen LogP contribution in [-0.4, -0.2) is 33.9 Å². The molecule has 19 heavy (non-hydrogen) atoms. The Labute approximate surface area is 113 Å². The summed E-state index contributed by atoms with van der Waals surface area (Å²) in [4.78, 5) is 11.9. The van der Waals surface area contributed by atoms with E-state index < -0.39 is 5.92 Å². The molecule has 1 rings (SSSR count). The molecule has 0 amide bonds. The van der Waals surface area contributed by atoms with Gasteiger partial charge < -0.3 is 18.9 Å². The van der Waals surface area contributed by atoms with Gasteiger partial charge in [0.2, 0.25) is 0 Å². The third-order valence-corrected chi connectivity index (χ3v) is 2.82. The van der Waals surface area contributed by atoms with Crippen molar-refractivity contribution in [3.63, 3.8) is 0 Å². The van der Waals surface area contributed by atoms with E-state index in [0.29, 0.717) is 29.4 Å². The fourth-order valence-electron chi connectivity index (χ4n) is 1.80. The molecule has 1 atom stereocenters. The van der Waals surface area contributed by atoms with E-state index in [1.807, 2.05) is 0 Å². The van der Waals surface area contributed by atoms with Crippen LogP contribution in [0.4, 0.5) is 0 Å². The molecule has 0 radical (unpaired) electrons. The average Bonchev–Trinajstić information content (AvgIpc) is 2.44. The quantitative estimate of drug-likeness (QED) is 0.741. The minimum atomic E-state index is -0.459. The average molecular weight is 268 g/mol. The van der Waals surface area contributed by atoms with Crippen LogP contribution in [0.5, 0.6) is 17.2 Å². The van der Waals surface area contributed by atoms with Crippen molar-refractivity contribution in [1.29, 1.82) is 0 Å². The van der Waals surface area contributed by atoms with Gasteiger partial charge in [0.25, 0.3) is 0 Å². The van der Waals surface area contributed by atoms with Crippen molar-refractivity contribution in [3.8, 4) is 17.2 Å². The van der Waals surface area contributed by atoms with Gasteiger partial charge in [0.1, 0.15) is 5.75 Å². The van der Waals surface area contributed by atoms with Crippen LogP contribution in [0.1, 0.15) is 25.3 Å². The van der Waals surface area contributed by atoms with Crippen molar-refractivity contribution in [2.75, 3.05) is 27.9 Å². The van der Waals surface area contributed by atoms with Crippen LogP contribution in [-0.2, 0) is 9.53 Å². The highest BCUT2D eigenvalue weighted by molar-refractivity contribution is 5.79. The van der Waals surface area contributed by atoms with Crippen molar-refractivity contribution >= 4 is 5.97 Å². The molecule has 0 aliphatic rings. The van der Waals surface area contributed by atoms with Crippen molar-refractivity contribution in [2.24, 2.45) is 0 Å². The molecule has 1 aromatic rings. The Morgan fingerprint density at radius 1 is 1.16 bits per heavy atom. The Morgan fingerprint density at radius 2 is 1.84 bits per heavy atom. The first-order valence-electron chi connectivity index (χ1n) is 6.05. The first-order chi connectivity index (χ1) is 9.08. The zero-order valence-corrected chi connectivity index (χ0v) is 12.0. The predicted octanol–water partition coefficient (Wildman–Crippen LogP) is 2.38. The van der Waals surface area contributed by atoms with Crippen molar-refractivity contribution in [1.82, 2.24) is 0 Å². The normalized spacial score (nSPS) is 11.6. The molecule has 0 saturated carbocycles. The smallest absolute Gasteiger partial charge is 0.313 e. The van der Waals surface area contributed by atoms with Gasteiger partial charge in [-0.05, 0) is 19.9 Å². The molecule has 0 aliphatic heterocycles. The highest BCUT2D eigenvalue weighted by Gasteiger charge is 2.24. The highest BCUT2D eigenvalue weighted by atomic mass is 16.5. The van der Waals surface area contributed by atoms with Gasteiger partial charge in [-0.1, -0.05) is 0 Å². The second-order valence-electron chi connectivity index (χ2n) is 3.93. The Balaban J connectivity index is 3.26. The minimum Gasteiger partial charge on any atom is -0.497 e. The monoisotopic (exact) mass is 268 g/mol. The summed E-state index contributed by atoms with van der Waals surface area (Å²) in [7, 11) is 4.63. The van der Waals surface area contributed by atoms with Crippen LogP contribution in [0.3, 0.4) is 0 Å². The van der Waals surface area contributed by atoms with Crippen LogP contribution in [0, 0.1) is 0 Å². The van der Waals surface area contributed by atoms with Gasteiger partial charge in [-0.3, -0.25) is 4.79 Å². The van der Waals surface area contributed by atoms with Gasteiger partial charge in [-0.2, -0.15) is 0 Å². The summed E-state index contributed by atoms with van der Waals surface area (Å²) in [6.45, 7) is 3.87. The lowest BCUT2D eigenvalue weighted by Gasteiger charge is -2.18. The topological polar surface area (TPSA) is 54.0 Å². The summed E-state index contributed by atoms with van der Waals surface area (Å²) in [6, 6.07) is 3.46. The van der Waals surface area contributed by atoms with E-state index >= 15 is 0 Å². The molecule has 106 valence electrons. The van der Waals surface area contributed by atoms with Gasteiger partial charge in [-0.25, -0.2) is 0 Å². The van der Waals surface area contributed by atoms with Crippen molar-refractivity contribution in [3.05, 3.63) is 17.7 Å². The van der Waals surface area contributed by atoms with E-state index in [1.165, 1.54) is 14.2 Å². The summed E-state index contributed by atoms with van der Waals surface area (Å²) in [5, 5.41) is 0. The van der Waals surface area contributed by atoms with E-state index in [9.17, 15) is 4.79 Å². The molecule has 0 heterocycles. The fourth-order valence-corrected chi connectivity index (χ4v) is 1.80. The SMILES string of the molecule is CCOC(=O)C(C)c1cc(OC)cc(OC)c1OC. The third kappa shape index (κ3) is 3.30. The molecule has 5 nitrogen and oxygen atoms in total. The summed E-state index contributed by atoms with van der Waals surface area (Å²) in [6.07, 6.45) is 0. The molecule has 0 saturated heterocycles. The first-order valence-corrected chi connectivity index (χ1v) is 6.05. The fraction of sp³-hybridized carbons (Fsp3) is 0.500. The van der Waals surface area contributed by atoms with Gasteiger partial charge >= 0.3 is 5.97 Å². The molecule has 0 spiro atoms. The van der Waals surface area contributed by atoms with E-state index in [-0.39, 0.29) is 5.97 Å². The van der Waals surface area contributed by atoms with Gasteiger partial charge in [-0.15, -0.1) is 0 Å². The van der Waals surface area contributed by atoms with Crippen molar-refractivity contribution in [2.45, 2.75) is 19.8 Å². The Bertz CT molecular complexity index is 442. The van der Waals surface area contributed by atoms with E-state index in [4.69, 9.17) is 18.9 Å². The lowest BCUT2D eigenvalue weighted by Crippen LogP contribution is -2.14. The number of esters is 1. The summed E-state index contributed by atoms with van der Waals surface area (Å²) < 4.78 is 20.8. The number of ether oxygens (including phenoxy) is 4. The molecular weight excluding hydrogens is 248 g/mol. The largest absolute Gasteiger partial charge is 0.497 e. The standard InChI is InChI=1S/C14H20O5/c1-6-19-14(15)9(2)11-7-10(16-3)8-12(17-4)13(11)18-5/h7-9H,6H2,1-5H3. The third-order valence-electron chi connectivity index (χ3n) is 2.82. The van der Waals surface area contributed by atoms with Crippen LogP contribution in [0.15, 0.2) is 12.1 Å². The predicted molar refractivity (Wildman–Crippen MR) is 71.1 cm³/mol. The molecule has 5 heteroatoms. The second kappa shape index (κ2) is 6.87. The van der Waals surface area contributed by atoms with E-state index in [0.717, 1.165) is 0 Å². The second-order valence-corrected chi connectivity index (χ2v) is 3.93. The van der Waals surface area contributed by atoms with Crippen LogP contribution in [0.25, 0.3) is 0 Å². The molecular formula is C14H20O5. The maximum absolute atomic E-state index is 11.9. The molecule has 0 aliphatic carbocycles. The number of hydrogen-bond donors (Lipinski definition) is 0. The van der Waals surface area contributed by atoms with E-state index in [1.54, 1.807) is 33.1 Å². The Morgan fingerprint density at radius 3 is 2.32 bits per heavy atom. The molecule has 0 bridgehead atoms. The Hall–Kier alpha value is -1.91. The number of hydrogen-bond acceptors (Lipinski definition) is 5. The van der Waals surface area contributed by atoms with Crippen LogP contribution < -0.4 is 14.2 Å². The summed E-state index contributed by atoms with van der Waals surface area (Å²) in [5.74, 6) is 0.871. The highest BCUT2D eigenvalue weighted by Crippen LogP contribution is 2.39. The number of methoxy groups -OCH3 is 3. The molecule has 1 aromatic carbocycles. The van der Waals surface area contributed by atoms with Gasteiger partial charge in [0.05, 0.1) is 33.9 Å². The number of rotatable bonds is 6. The summed E-state index contributed by atoms with van der Waals surface area (Å²) >= 11 is 0. The molecule has 1 unspecified atom stereocenters. The maximum Gasteiger partial charge on any atom is 0.313 e. The molecule has 0 aromatic heterocycles. The Kier molecular flexibility index (Phi) is 5.48. The van der Waals surface area contributed by atoms with Gasteiger partial charge in [0, 0.05) is 11.6 Å². The molecule has 0 N–H and O–H groups in total. The maximum atomic E-state index is 11.9. The molecule has 0 fully saturated rings. The first kappa shape index (κ1) is 15.1. The number of carbonyl (C=O) groups is 1. The lowest BCUT2D eigenvalue weighted by molar-refractivity contribution is -0.144. The van der Waals surface area contributed by atoms with Crippen LogP contribution in [0.2, 0.25) is 0 Å². The van der Waals surface area contributed by atoms with Gasteiger partial charge in [0.15, 0.2) is 11.5 Å². The lowest BCUT2D eigenvalue weighted by atomic mass is 9.99. The summed E-state index contributed by atoms with van der Waals surface area (Å²) in [5.41, 5.74) is 0.678. The van der Waals surface area contributed by atoms with Crippen molar-refractivity contribution < 1.29 is 23.7 Å². The number of benzene rings is 1.